The summed E-state index contributed by atoms with van der Waals surface area (Å²) in [5.41, 5.74) is 5.34. The van der Waals surface area contributed by atoms with Crippen LogP contribution in [0.5, 0.6) is 23.0 Å². The Labute approximate surface area is 217 Å². The molecule has 0 aliphatic heterocycles. The molecule has 0 heterocycles. The van der Waals surface area contributed by atoms with Gasteiger partial charge in [0, 0.05) is 23.3 Å². The Morgan fingerprint density at radius 1 is 0.595 bits per heavy atom. The van der Waals surface area contributed by atoms with Crippen molar-refractivity contribution in [1.29, 1.82) is 0 Å². The topological polar surface area (TPSA) is 68.2 Å². The van der Waals surface area contributed by atoms with E-state index in [4.69, 9.17) is 14.2 Å². The van der Waals surface area contributed by atoms with E-state index in [0.29, 0.717) is 23.0 Å². The highest BCUT2D eigenvalue weighted by Crippen LogP contribution is 2.33. The Morgan fingerprint density at radius 2 is 1.03 bits per heavy atom. The zero-order valence-corrected chi connectivity index (χ0v) is 21.4. The van der Waals surface area contributed by atoms with Crippen LogP contribution in [0.1, 0.15) is 33.4 Å². The molecular weight excluding hydrogens is 464 g/mol. The smallest absolute Gasteiger partial charge is 0.135 e. The summed E-state index contributed by atoms with van der Waals surface area (Å²) < 4.78 is 17.3. The van der Waals surface area contributed by atoms with Gasteiger partial charge in [0.25, 0.3) is 0 Å². The number of phenolic OH excluding ortho intramolecular Hbond substituents is 2. The Kier molecular flexibility index (Phi) is 7.84. The lowest BCUT2D eigenvalue weighted by Crippen LogP contribution is -1.96. The maximum Gasteiger partial charge on any atom is 0.135 e. The first-order chi connectivity index (χ1) is 17.8. The van der Waals surface area contributed by atoms with Crippen LogP contribution in [0.15, 0.2) is 84.9 Å². The first kappa shape index (κ1) is 25.5. The molecule has 37 heavy (non-hydrogen) atoms. The monoisotopic (exact) mass is 494 g/mol. The minimum Gasteiger partial charge on any atom is -0.508 e. The lowest BCUT2D eigenvalue weighted by molar-refractivity contribution is 0.407. The van der Waals surface area contributed by atoms with E-state index in [-0.39, 0.29) is 11.5 Å². The molecule has 0 aliphatic carbocycles. The van der Waals surface area contributed by atoms with Crippen LogP contribution in [0.25, 0.3) is 23.7 Å². The number of hydrogen-bond acceptors (Lipinski definition) is 5. The Hall–Kier alpha value is -4.64. The normalized spacial score (nSPS) is 11.8. The number of benzene rings is 4. The minimum atomic E-state index is 0.0931. The summed E-state index contributed by atoms with van der Waals surface area (Å²) in [7, 11) is 3.12. The van der Waals surface area contributed by atoms with E-state index in [0.717, 1.165) is 33.4 Å². The number of aryl methyl sites for hydroxylation is 2. The largest absolute Gasteiger partial charge is 0.508 e. The lowest BCUT2D eigenvalue weighted by atomic mass is 10.1. The second kappa shape index (κ2) is 11.4. The summed E-state index contributed by atoms with van der Waals surface area (Å²) in [5.74, 6) is 2.42. The van der Waals surface area contributed by atoms with Crippen molar-refractivity contribution in [1.82, 2.24) is 0 Å². The fraction of sp³-hybridized carbons (Fsp3) is 0.125. The molecule has 5 heteroatoms. The fourth-order valence-electron chi connectivity index (χ4n) is 3.98. The van der Waals surface area contributed by atoms with Crippen molar-refractivity contribution >= 4 is 23.7 Å². The number of methoxy groups -OCH3 is 2. The zero-order valence-electron chi connectivity index (χ0n) is 21.4. The van der Waals surface area contributed by atoms with Crippen molar-refractivity contribution in [3.05, 3.63) is 118 Å². The van der Waals surface area contributed by atoms with E-state index in [1.54, 1.807) is 38.5 Å². The highest BCUT2D eigenvalue weighted by atomic mass is 16.5. The summed E-state index contributed by atoms with van der Waals surface area (Å²) in [4.78, 5) is 0. The number of aromatic hydroxyl groups is 2. The molecule has 0 saturated heterocycles. The van der Waals surface area contributed by atoms with Crippen molar-refractivity contribution in [3.63, 3.8) is 0 Å². The van der Waals surface area contributed by atoms with E-state index in [2.05, 4.69) is 0 Å². The van der Waals surface area contributed by atoms with E-state index in [9.17, 15) is 10.2 Å². The average Bonchev–Trinajstić information content (AvgIpc) is 2.87. The van der Waals surface area contributed by atoms with Crippen LogP contribution in [-0.2, 0) is 4.74 Å². The third-order valence-corrected chi connectivity index (χ3v) is 5.72. The van der Waals surface area contributed by atoms with E-state index in [1.807, 2.05) is 86.7 Å². The van der Waals surface area contributed by atoms with Gasteiger partial charge in [-0.1, -0.05) is 47.5 Å². The number of rotatable bonds is 8. The molecule has 4 aromatic carbocycles. The molecule has 0 spiro atoms. The Morgan fingerprint density at radius 3 is 1.41 bits per heavy atom. The first-order valence-electron chi connectivity index (χ1n) is 11.8. The average molecular weight is 495 g/mol. The summed E-state index contributed by atoms with van der Waals surface area (Å²) in [6.07, 6.45) is 3.73. The number of phenols is 2. The summed E-state index contributed by atoms with van der Waals surface area (Å²) in [5, 5.41) is 20.4. The van der Waals surface area contributed by atoms with Gasteiger partial charge in [-0.2, -0.15) is 0 Å². The molecule has 0 saturated carbocycles. The molecule has 188 valence electrons. The molecule has 0 unspecified atom stereocenters. The predicted octanol–water partition coefficient (Wildman–Crippen LogP) is 7.44. The Balaban J connectivity index is 1.88. The van der Waals surface area contributed by atoms with Gasteiger partial charge < -0.3 is 24.4 Å². The lowest BCUT2D eigenvalue weighted by Gasteiger charge is -2.16. The van der Waals surface area contributed by atoms with Crippen molar-refractivity contribution in [2.75, 3.05) is 14.2 Å². The molecule has 4 aromatic rings. The van der Waals surface area contributed by atoms with Crippen LogP contribution >= 0.6 is 0 Å². The van der Waals surface area contributed by atoms with Crippen LogP contribution in [0.3, 0.4) is 0 Å². The zero-order chi connectivity index (χ0) is 26.4. The van der Waals surface area contributed by atoms with Gasteiger partial charge in [-0.05, 0) is 73.5 Å². The van der Waals surface area contributed by atoms with Crippen LogP contribution in [0.4, 0.5) is 0 Å². The van der Waals surface area contributed by atoms with Gasteiger partial charge in [0.1, 0.15) is 34.5 Å². The van der Waals surface area contributed by atoms with Gasteiger partial charge in [0.2, 0.25) is 0 Å². The molecule has 4 rings (SSSR count). The number of ether oxygens (including phenoxy) is 3. The second-order valence-electron chi connectivity index (χ2n) is 8.79. The molecule has 0 atom stereocenters. The number of hydrogen-bond donors (Lipinski definition) is 2. The molecule has 0 bridgehead atoms. The van der Waals surface area contributed by atoms with Crippen molar-refractivity contribution in [3.8, 4) is 23.0 Å². The van der Waals surface area contributed by atoms with Crippen molar-refractivity contribution < 1.29 is 24.4 Å². The third-order valence-electron chi connectivity index (χ3n) is 5.72. The van der Waals surface area contributed by atoms with Gasteiger partial charge in [-0.15, -0.1) is 0 Å². The van der Waals surface area contributed by atoms with Crippen LogP contribution in [0.2, 0.25) is 0 Å². The van der Waals surface area contributed by atoms with Crippen LogP contribution in [-0.4, -0.2) is 24.4 Å². The highest BCUT2D eigenvalue weighted by molar-refractivity contribution is 5.86. The predicted molar refractivity (Wildman–Crippen MR) is 149 cm³/mol. The molecule has 0 amide bonds. The van der Waals surface area contributed by atoms with Gasteiger partial charge in [-0.3, -0.25) is 0 Å². The SMILES string of the molecule is COc1cc(O)cc(C=C(OC(=Cc2cc(O)cc(OC)c2)c2cccc(C)c2)c2cccc(C)c2)c1. The molecule has 0 aliphatic rings. The molecule has 2 N–H and O–H groups in total. The third kappa shape index (κ3) is 6.73. The van der Waals surface area contributed by atoms with E-state index >= 15 is 0 Å². The van der Waals surface area contributed by atoms with Crippen LogP contribution < -0.4 is 9.47 Å². The standard InChI is InChI=1S/C32H30O5/c1-21-7-5-9-25(11-21)31(17-23-13-27(33)19-29(15-23)35-3)37-32(26-10-6-8-22(2)12-26)18-24-14-28(34)20-30(16-24)36-4/h5-20,33-34H,1-4H3. The summed E-state index contributed by atoms with van der Waals surface area (Å²) in [6, 6.07) is 26.1. The molecule has 0 radical (unpaired) electrons. The Bertz CT molecular complexity index is 1350. The van der Waals surface area contributed by atoms with Crippen molar-refractivity contribution in [2.45, 2.75) is 13.8 Å². The first-order valence-corrected chi connectivity index (χ1v) is 11.8. The molecular formula is C32H30O5. The van der Waals surface area contributed by atoms with Crippen molar-refractivity contribution in [2.24, 2.45) is 0 Å². The van der Waals surface area contributed by atoms with Crippen LogP contribution in [0, 0.1) is 13.8 Å². The second-order valence-corrected chi connectivity index (χ2v) is 8.79. The fourth-order valence-corrected chi connectivity index (χ4v) is 3.98. The van der Waals surface area contributed by atoms with Gasteiger partial charge >= 0.3 is 0 Å². The molecule has 0 aromatic heterocycles. The summed E-state index contributed by atoms with van der Waals surface area (Å²) >= 11 is 0. The molecule has 5 nitrogen and oxygen atoms in total. The maximum absolute atomic E-state index is 10.2. The van der Waals surface area contributed by atoms with Gasteiger partial charge in [-0.25, -0.2) is 0 Å². The summed E-state index contributed by atoms with van der Waals surface area (Å²) in [6.45, 7) is 4.05. The highest BCUT2D eigenvalue weighted by Gasteiger charge is 2.13. The maximum atomic E-state index is 10.2. The van der Waals surface area contributed by atoms with E-state index < -0.39 is 0 Å². The molecule has 0 fully saturated rings. The quantitative estimate of drug-likeness (QED) is 0.197. The van der Waals surface area contributed by atoms with Gasteiger partial charge in [0.05, 0.1) is 14.2 Å². The van der Waals surface area contributed by atoms with E-state index in [1.165, 1.54) is 0 Å². The van der Waals surface area contributed by atoms with Gasteiger partial charge in [0.15, 0.2) is 0 Å². The minimum absolute atomic E-state index is 0.0931.